The van der Waals surface area contributed by atoms with Gasteiger partial charge in [-0.2, -0.15) is 0 Å². The maximum absolute atomic E-state index is 9.63. The molecule has 2 rings (SSSR count). The molecule has 1 fully saturated rings. The SMILES string of the molecule is Cc1nnc(C2NCCC2O)n1C. The zero-order valence-corrected chi connectivity index (χ0v) is 7.86. The summed E-state index contributed by atoms with van der Waals surface area (Å²) in [5, 5.41) is 20.8. The molecule has 2 unspecified atom stereocenters. The first-order valence-corrected chi connectivity index (χ1v) is 4.47. The van der Waals surface area contributed by atoms with Crippen molar-refractivity contribution in [3.8, 4) is 0 Å². The van der Waals surface area contributed by atoms with Crippen LogP contribution in [0.4, 0.5) is 0 Å². The Hall–Kier alpha value is -0.940. The summed E-state index contributed by atoms with van der Waals surface area (Å²) in [6, 6.07) is -0.0498. The number of nitrogens with zero attached hydrogens (tertiary/aromatic N) is 3. The fourth-order valence-corrected chi connectivity index (χ4v) is 1.65. The summed E-state index contributed by atoms with van der Waals surface area (Å²) in [6.45, 7) is 2.75. The quantitative estimate of drug-likeness (QED) is 0.615. The van der Waals surface area contributed by atoms with Crippen LogP contribution in [0.1, 0.15) is 24.1 Å². The smallest absolute Gasteiger partial charge is 0.152 e. The van der Waals surface area contributed by atoms with E-state index in [0.717, 1.165) is 24.6 Å². The molecule has 1 aromatic heterocycles. The Morgan fingerprint density at radius 1 is 1.54 bits per heavy atom. The average Bonchev–Trinajstić information content (AvgIpc) is 2.62. The van der Waals surface area contributed by atoms with Crippen molar-refractivity contribution in [3.05, 3.63) is 11.6 Å². The van der Waals surface area contributed by atoms with Crippen molar-refractivity contribution in [1.82, 2.24) is 20.1 Å². The molecule has 1 saturated heterocycles. The molecule has 2 atom stereocenters. The van der Waals surface area contributed by atoms with E-state index in [1.54, 1.807) is 0 Å². The minimum absolute atomic E-state index is 0.0498. The van der Waals surface area contributed by atoms with E-state index in [-0.39, 0.29) is 12.1 Å². The number of aryl methyl sites for hydroxylation is 1. The van der Waals surface area contributed by atoms with Gasteiger partial charge in [0.1, 0.15) is 5.82 Å². The highest BCUT2D eigenvalue weighted by Gasteiger charge is 2.29. The van der Waals surface area contributed by atoms with Gasteiger partial charge in [-0.15, -0.1) is 10.2 Å². The van der Waals surface area contributed by atoms with Crippen LogP contribution in [0, 0.1) is 6.92 Å². The molecular weight excluding hydrogens is 168 g/mol. The first-order chi connectivity index (χ1) is 6.20. The highest BCUT2D eigenvalue weighted by atomic mass is 16.3. The Balaban J connectivity index is 2.29. The average molecular weight is 182 g/mol. The summed E-state index contributed by atoms with van der Waals surface area (Å²) < 4.78 is 1.91. The molecule has 0 bridgehead atoms. The Bertz CT molecular complexity index is 309. The zero-order valence-electron chi connectivity index (χ0n) is 7.86. The molecule has 1 aliphatic rings. The second-order valence-corrected chi connectivity index (χ2v) is 3.45. The van der Waals surface area contributed by atoms with Crippen molar-refractivity contribution in [3.63, 3.8) is 0 Å². The lowest BCUT2D eigenvalue weighted by Crippen LogP contribution is -2.24. The molecule has 0 aromatic carbocycles. The number of rotatable bonds is 1. The number of aliphatic hydroxyl groups is 1. The van der Waals surface area contributed by atoms with Crippen LogP contribution in [0.15, 0.2) is 0 Å². The lowest BCUT2D eigenvalue weighted by Gasteiger charge is -2.13. The molecule has 0 spiro atoms. The highest BCUT2D eigenvalue weighted by molar-refractivity contribution is 5.04. The van der Waals surface area contributed by atoms with E-state index < -0.39 is 0 Å². The summed E-state index contributed by atoms with van der Waals surface area (Å²) >= 11 is 0. The Morgan fingerprint density at radius 2 is 2.31 bits per heavy atom. The van der Waals surface area contributed by atoms with Gasteiger partial charge in [0.15, 0.2) is 5.82 Å². The lowest BCUT2D eigenvalue weighted by molar-refractivity contribution is 0.155. The summed E-state index contributed by atoms with van der Waals surface area (Å²) in [5.74, 6) is 1.69. The molecule has 0 amide bonds. The van der Waals surface area contributed by atoms with Gasteiger partial charge in [0.05, 0.1) is 12.1 Å². The van der Waals surface area contributed by atoms with Crippen molar-refractivity contribution in [2.75, 3.05) is 6.54 Å². The fourth-order valence-electron chi connectivity index (χ4n) is 1.65. The Labute approximate surface area is 76.8 Å². The van der Waals surface area contributed by atoms with E-state index in [1.165, 1.54) is 0 Å². The molecule has 5 heteroatoms. The van der Waals surface area contributed by atoms with Gasteiger partial charge < -0.3 is 15.0 Å². The molecule has 2 heterocycles. The molecule has 1 aliphatic heterocycles. The van der Waals surface area contributed by atoms with Gasteiger partial charge in [-0.3, -0.25) is 0 Å². The van der Waals surface area contributed by atoms with E-state index >= 15 is 0 Å². The molecular formula is C8H14N4O. The van der Waals surface area contributed by atoms with Gasteiger partial charge >= 0.3 is 0 Å². The molecule has 2 N–H and O–H groups in total. The van der Waals surface area contributed by atoms with Crippen LogP contribution >= 0.6 is 0 Å². The second kappa shape index (κ2) is 3.08. The van der Waals surface area contributed by atoms with Crippen LogP contribution in [-0.2, 0) is 7.05 Å². The first kappa shape index (κ1) is 8.65. The number of hydrogen-bond donors (Lipinski definition) is 2. The normalized spacial score (nSPS) is 28.2. The minimum atomic E-state index is -0.331. The monoisotopic (exact) mass is 182 g/mol. The first-order valence-electron chi connectivity index (χ1n) is 4.47. The van der Waals surface area contributed by atoms with E-state index in [0.29, 0.717) is 0 Å². The van der Waals surface area contributed by atoms with Crippen LogP contribution in [0.3, 0.4) is 0 Å². The third kappa shape index (κ3) is 1.34. The standard InChI is InChI=1S/C8H14N4O/c1-5-10-11-8(12(5)2)7-6(13)3-4-9-7/h6-7,9,13H,3-4H2,1-2H3. The second-order valence-electron chi connectivity index (χ2n) is 3.45. The Morgan fingerprint density at radius 3 is 2.77 bits per heavy atom. The predicted molar refractivity (Wildman–Crippen MR) is 47.1 cm³/mol. The molecule has 5 nitrogen and oxygen atoms in total. The van der Waals surface area contributed by atoms with Crippen molar-refractivity contribution in [2.24, 2.45) is 7.05 Å². The predicted octanol–water partition coefficient (Wildman–Crippen LogP) is -0.481. The summed E-state index contributed by atoms with van der Waals surface area (Å²) in [4.78, 5) is 0. The molecule has 72 valence electrons. The Kier molecular flexibility index (Phi) is 2.05. The van der Waals surface area contributed by atoms with Gasteiger partial charge in [-0.05, 0) is 19.9 Å². The fraction of sp³-hybridized carbons (Fsp3) is 0.750. The summed E-state index contributed by atoms with van der Waals surface area (Å²) in [7, 11) is 1.91. The van der Waals surface area contributed by atoms with E-state index in [1.807, 2.05) is 18.5 Å². The van der Waals surface area contributed by atoms with Gasteiger partial charge in [0, 0.05) is 7.05 Å². The third-order valence-electron chi connectivity index (χ3n) is 2.59. The van der Waals surface area contributed by atoms with E-state index in [4.69, 9.17) is 0 Å². The zero-order chi connectivity index (χ0) is 9.42. The van der Waals surface area contributed by atoms with Crippen LogP contribution < -0.4 is 5.32 Å². The molecule has 13 heavy (non-hydrogen) atoms. The molecule has 0 aliphatic carbocycles. The van der Waals surface area contributed by atoms with Crippen LogP contribution in [0.5, 0.6) is 0 Å². The van der Waals surface area contributed by atoms with Gasteiger partial charge in [-0.25, -0.2) is 0 Å². The topological polar surface area (TPSA) is 63.0 Å². The number of aromatic nitrogens is 3. The van der Waals surface area contributed by atoms with Gasteiger partial charge in [0.2, 0.25) is 0 Å². The van der Waals surface area contributed by atoms with Gasteiger partial charge in [0.25, 0.3) is 0 Å². The van der Waals surface area contributed by atoms with Crippen molar-refractivity contribution < 1.29 is 5.11 Å². The molecule has 0 saturated carbocycles. The van der Waals surface area contributed by atoms with Crippen LogP contribution in [0.25, 0.3) is 0 Å². The number of nitrogens with one attached hydrogen (secondary N) is 1. The molecule has 1 aromatic rings. The lowest BCUT2D eigenvalue weighted by atomic mass is 10.1. The van der Waals surface area contributed by atoms with Crippen molar-refractivity contribution >= 4 is 0 Å². The van der Waals surface area contributed by atoms with Crippen LogP contribution in [-0.4, -0.2) is 32.5 Å². The highest BCUT2D eigenvalue weighted by Crippen LogP contribution is 2.21. The largest absolute Gasteiger partial charge is 0.391 e. The number of hydrogen-bond acceptors (Lipinski definition) is 4. The van der Waals surface area contributed by atoms with Crippen LogP contribution in [0.2, 0.25) is 0 Å². The van der Waals surface area contributed by atoms with Gasteiger partial charge in [-0.1, -0.05) is 0 Å². The van der Waals surface area contributed by atoms with Crippen molar-refractivity contribution in [1.29, 1.82) is 0 Å². The maximum Gasteiger partial charge on any atom is 0.152 e. The minimum Gasteiger partial charge on any atom is -0.391 e. The van der Waals surface area contributed by atoms with Crippen molar-refractivity contribution in [2.45, 2.75) is 25.5 Å². The van der Waals surface area contributed by atoms with E-state index in [2.05, 4.69) is 15.5 Å². The van der Waals surface area contributed by atoms with E-state index in [9.17, 15) is 5.11 Å². The molecule has 0 radical (unpaired) electrons. The number of aliphatic hydroxyl groups excluding tert-OH is 1. The summed E-state index contributed by atoms with van der Waals surface area (Å²) in [6.07, 6.45) is 0.457. The summed E-state index contributed by atoms with van der Waals surface area (Å²) in [5.41, 5.74) is 0. The third-order valence-corrected chi connectivity index (χ3v) is 2.59. The maximum atomic E-state index is 9.63.